The Bertz CT molecular complexity index is 61.3. The molecule has 0 unspecified atom stereocenters. The van der Waals surface area contributed by atoms with Crippen LogP contribution in [0.2, 0.25) is 0 Å². The van der Waals surface area contributed by atoms with Crippen LogP contribution in [0.3, 0.4) is 0 Å². The van der Waals surface area contributed by atoms with Gasteiger partial charge in [0.05, 0.1) is 12.9 Å². The van der Waals surface area contributed by atoms with Crippen LogP contribution in [0.1, 0.15) is 26.7 Å². The first-order valence-electron chi connectivity index (χ1n) is 3.63. The average Bonchev–Trinajstić information content (AvgIpc) is 2.43. The summed E-state index contributed by atoms with van der Waals surface area (Å²) in [7, 11) is 0. The van der Waals surface area contributed by atoms with E-state index in [9.17, 15) is 0 Å². The Kier molecular flexibility index (Phi) is 7.03. The van der Waals surface area contributed by atoms with Crippen LogP contribution < -0.4 is 5.32 Å². The van der Waals surface area contributed by atoms with E-state index in [1.165, 1.54) is 12.8 Å². The lowest BCUT2D eigenvalue weighted by Crippen LogP contribution is -2.04. The number of unbranched alkanes of at least 4 members (excludes halogenated alkanes) is 1. The lowest BCUT2D eigenvalue weighted by molar-refractivity contribution is 0.886. The second kappa shape index (κ2) is 7.47. The second-order valence-corrected chi connectivity index (χ2v) is 1.99. The Hall–Kier alpha value is -0.530. The second-order valence-electron chi connectivity index (χ2n) is 1.99. The summed E-state index contributed by atoms with van der Waals surface area (Å²) in [4.78, 5) is 3.85. The Labute approximate surface area is 57.4 Å². The van der Waals surface area contributed by atoms with Gasteiger partial charge in [0.2, 0.25) is 0 Å². The molecule has 1 N–H and O–H groups in total. The maximum Gasteiger partial charge on any atom is 0.0825 e. The topological polar surface area (TPSA) is 24.4 Å². The molecule has 9 heavy (non-hydrogen) atoms. The Morgan fingerprint density at radius 3 is 2.22 bits per heavy atom. The van der Waals surface area contributed by atoms with Crippen molar-refractivity contribution in [2.24, 2.45) is 4.99 Å². The summed E-state index contributed by atoms with van der Waals surface area (Å²) in [6, 6.07) is 0. The molecule has 0 aliphatic carbocycles. The van der Waals surface area contributed by atoms with Gasteiger partial charge in [-0.2, -0.15) is 0 Å². The molecule has 0 amide bonds. The van der Waals surface area contributed by atoms with Gasteiger partial charge in [-0.1, -0.05) is 26.7 Å². The fraction of sp³-hybridized carbons (Fsp3) is 0.857. The highest BCUT2D eigenvalue weighted by Crippen LogP contribution is 1.76. The van der Waals surface area contributed by atoms with Crippen molar-refractivity contribution in [3.63, 3.8) is 0 Å². The predicted molar refractivity (Wildman–Crippen MR) is 41.9 cm³/mol. The molecule has 0 aromatic carbocycles. The summed E-state index contributed by atoms with van der Waals surface area (Å²) in [6.07, 6.45) is 4.38. The third kappa shape index (κ3) is 7.47. The minimum absolute atomic E-state index is 0.958. The standard InChI is InChI=1S/C4H10.C3H6N2/c1-3-4-2;1-2-5-3-4-1/h3-4H2,1-2H3;3H,1-2H2,(H,4,5). The summed E-state index contributed by atoms with van der Waals surface area (Å²) < 4.78 is 0. The van der Waals surface area contributed by atoms with E-state index in [0.717, 1.165) is 13.1 Å². The molecule has 1 heterocycles. The van der Waals surface area contributed by atoms with Gasteiger partial charge < -0.3 is 5.32 Å². The highest BCUT2D eigenvalue weighted by Gasteiger charge is 1.82. The summed E-state index contributed by atoms with van der Waals surface area (Å²) >= 11 is 0. The van der Waals surface area contributed by atoms with Crippen LogP contribution in [0, 0.1) is 0 Å². The van der Waals surface area contributed by atoms with Crippen LogP contribution in [0.15, 0.2) is 4.99 Å². The molecule has 2 heteroatoms. The molecule has 0 saturated carbocycles. The van der Waals surface area contributed by atoms with E-state index in [2.05, 4.69) is 24.2 Å². The zero-order valence-electron chi connectivity index (χ0n) is 6.35. The summed E-state index contributed by atoms with van der Waals surface area (Å²) in [5.41, 5.74) is 0. The van der Waals surface area contributed by atoms with Crippen molar-refractivity contribution in [1.29, 1.82) is 0 Å². The van der Waals surface area contributed by atoms with E-state index in [1.807, 2.05) is 0 Å². The summed E-state index contributed by atoms with van der Waals surface area (Å²) in [6.45, 7) is 6.35. The number of nitrogens with one attached hydrogen (secondary N) is 1. The predicted octanol–water partition coefficient (Wildman–Crippen LogP) is 1.42. The van der Waals surface area contributed by atoms with Crippen molar-refractivity contribution < 1.29 is 0 Å². The van der Waals surface area contributed by atoms with Crippen LogP contribution in [0.25, 0.3) is 0 Å². The average molecular weight is 128 g/mol. The zero-order valence-corrected chi connectivity index (χ0v) is 6.35. The van der Waals surface area contributed by atoms with Crippen LogP contribution in [-0.2, 0) is 0 Å². The van der Waals surface area contributed by atoms with Crippen molar-refractivity contribution in [2.45, 2.75) is 26.7 Å². The highest BCUT2D eigenvalue weighted by molar-refractivity contribution is 5.56. The first-order chi connectivity index (χ1) is 4.41. The fourth-order valence-electron chi connectivity index (χ4n) is 0.323. The van der Waals surface area contributed by atoms with Crippen LogP contribution in [0.5, 0.6) is 0 Å². The van der Waals surface area contributed by atoms with E-state index >= 15 is 0 Å². The SMILES string of the molecule is C1=NCCN1.CCCC. The Morgan fingerprint density at radius 2 is 2.11 bits per heavy atom. The first kappa shape index (κ1) is 8.47. The molecule has 1 aliphatic heterocycles. The van der Waals surface area contributed by atoms with E-state index in [0.29, 0.717) is 0 Å². The number of aliphatic imine (C=N–C) groups is 1. The summed E-state index contributed by atoms with van der Waals surface area (Å²) in [5.74, 6) is 0. The van der Waals surface area contributed by atoms with Gasteiger partial charge in [-0.05, 0) is 0 Å². The lowest BCUT2D eigenvalue weighted by Gasteiger charge is -1.75. The van der Waals surface area contributed by atoms with Gasteiger partial charge in [0, 0.05) is 6.54 Å². The van der Waals surface area contributed by atoms with Gasteiger partial charge in [-0.3, -0.25) is 4.99 Å². The van der Waals surface area contributed by atoms with Crippen molar-refractivity contribution in [3.05, 3.63) is 0 Å². The van der Waals surface area contributed by atoms with E-state index in [4.69, 9.17) is 0 Å². The van der Waals surface area contributed by atoms with E-state index in [-0.39, 0.29) is 0 Å². The highest BCUT2D eigenvalue weighted by atomic mass is 15.0. The molecule has 0 aromatic heterocycles. The van der Waals surface area contributed by atoms with Crippen LogP contribution >= 0.6 is 0 Å². The number of rotatable bonds is 1. The van der Waals surface area contributed by atoms with Crippen LogP contribution in [-0.4, -0.2) is 19.4 Å². The third-order valence-corrected chi connectivity index (χ3v) is 1.07. The normalized spacial score (nSPS) is 14.0. The Morgan fingerprint density at radius 1 is 1.44 bits per heavy atom. The van der Waals surface area contributed by atoms with Crippen molar-refractivity contribution in [2.75, 3.05) is 13.1 Å². The molecule has 0 bridgehead atoms. The number of nitrogens with zero attached hydrogens (tertiary/aromatic N) is 1. The van der Waals surface area contributed by atoms with Crippen molar-refractivity contribution in [3.8, 4) is 0 Å². The van der Waals surface area contributed by atoms with Gasteiger partial charge in [-0.15, -0.1) is 0 Å². The number of hydrogen-bond donors (Lipinski definition) is 1. The quantitative estimate of drug-likeness (QED) is 0.567. The van der Waals surface area contributed by atoms with Gasteiger partial charge in [0.15, 0.2) is 0 Å². The maximum atomic E-state index is 3.85. The van der Waals surface area contributed by atoms with Crippen molar-refractivity contribution >= 4 is 6.34 Å². The van der Waals surface area contributed by atoms with Gasteiger partial charge in [0.1, 0.15) is 0 Å². The maximum absolute atomic E-state index is 3.85. The molecule has 54 valence electrons. The molecule has 0 spiro atoms. The molecule has 1 aliphatic rings. The van der Waals surface area contributed by atoms with Gasteiger partial charge >= 0.3 is 0 Å². The third-order valence-electron chi connectivity index (χ3n) is 1.07. The van der Waals surface area contributed by atoms with Gasteiger partial charge in [-0.25, -0.2) is 0 Å². The molecule has 2 nitrogen and oxygen atoms in total. The molecule has 0 saturated heterocycles. The molecule has 0 atom stereocenters. The lowest BCUT2D eigenvalue weighted by atomic mass is 10.4. The number of hydrogen-bond acceptors (Lipinski definition) is 2. The van der Waals surface area contributed by atoms with Gasteiger partial charge in [0.25, 0.3) is 0 Å². The van der Waals surface area contributed by atoms with Crippen molar-refractivity contribution in [1.82, 2.24) is 5.32 Å². The molecular formula is C7H16N2. The smallest absolute Gasteiger partial charge is 0.0825 e. The zero-order chi connectivity index (χ0) is 6.95. The monoisotopic (exact) mass is 128 g/mol. The molecule has 1 rings (SSSR count). The minimum Gasteiger partial charge on any atom is -0.375 e. The fourth-order valence-corrected chi connectivity index (χ4v) is 0.323. The largest absolute Gasteiger partial charge is 0.375 e. The first-order valence-corrected chi connectivity index (χ1v) is 3.63. The molecule has 0 fully saturated rings. The van der Waals surface area contributed by atoms with E-state index in [1.54, 1.807) is 6.34 Å². The van der Waals surface area contributed by atoms with E-state index < -0.39 is 0 Å². The van der Waals surface area contributed by atoms with Crippen LogP contribution in [0.4, 0.5) is 0 Å². The Balaban J connectivity index is 0.000000148. The molecular weight excluding hydrogens is 112 g/mol. The summed E-state index contributed by atoms with van der Waals surface area (Å²) in [5, 5.41) is 2.93. The molecule has 0 radical (unpaired) electrons. The minimum atomic E-state index is 0.958. The molecule has 0 aromatic rings.